The number of ether oxygens (including phenoxy) is 2. The summed E-state index contributed by atoms with van der Waals surface area (Å²) in [4.78, 5) is 23.6. The van der Waals surface area contributed by atoms with E-state index in [1.807, 2.05) is 26.0 Å². The number of nitrogens with one attached hydrogen (secondary N) is 1. The first-order chi connectivity index (χ1) is 13.1. The number of rotatable bonds is 6. The number of anilines is 1. The molecule has 0 unspecified atom stereocenters. The van der Waals surface area contributed by atoms with E-state index in [4.69, 9.17) is 4.74 Å². The normalized spacial score (nSPS) is 11.3. The molecule has 1 N–H and O–H groups in total. The summed E-state index contributed by atoms with van der Waals surface area (Å²) in [6.45, 7) is 3.27. The molecule has 148 valence electrons. The first-order valence-corrected chi connectivity index (χ1v) is 8.20. The van der Waals surface area contributed by atoms with Crippen LogP contribution in [0.25, 0.3) is 6.08 Å². The lowest BCUT2D eigenvalue weighted by atomic mass is 10.1. The highest BCUT2D eigenvalue weighted by Gasteiger charge is 2.30. The largest absolute Gasteiger partial charge is 0.573 e. The molecule has 0 saturated heterocycles. The van der Waals surface area contributed by atoms with Gasteiger partial charge in [0.15, 0.2) is 6.61 Å². The second-order valence-corrected chi connectivity index (χ2v) is 5.92. The van der Waals surface area contributed by atoms with Crippen LogP contribution < -0.4 is 10.1 Å². The number of carbonyl (C=O) groups is 2. The third-order valence-corrected chi connectivity index (χ3v) is 3.54. The van der Waals surface area contributed by atoms with Gasteiger partial charge in [0.25, 0.3) is 5.91 Å². The highest BCUT2D eigenvalue weighted by atomic mass is 19.4. The molecule has 5 nitrogen and oxygen atoms in total. The molecule has 0 aliphatic carbocycles. The van der Waals surface area contributed by atoms with E-state index < -0.39 is 24.8 Å². The van der Waals surface area contributed by atoms with E-state index in [2.05, 4.69) is 10.1 Å². The van der Waals surface area contributed by atoms with Gasteiger partial charge in [-0.3, -0.25) is 4.79 Å². The van der Waals surface area contributed by atoms with Crippen LogP contribution >= 0.6 is 0 Å². The number of aryl methyl sites for hydroxylation is 2. The van der Waals surface area contributed by atoms with Gasteiger partial charge in [-0.05, 0) is 54.8 Å². The average Bonchev–Trinajstić information content (AvgIpc) is 2.61. The van der Waals surface area contributed by atoms with Gasteiger partial charge in [0.05, 0.1) is 0 Å². The van der Waals surface area contributed by atoms with Crippen molar-refractivity contribution in [3.05, 3.63) is 65.2 Å². The summed E-state index contributed by atoms with van der Waals surface area (Å²) in [5, 5.41) is 2.66. The third-order valence-electron chi connectivity index (χ3n) is 3.54. The molecule has 0 aromatic heterocycles. The van der Waals surface area contributed by atoms with Crippen molar-refractivity contribution in [2.24, 2.45) is 0 Å². The molecule has 28 heavy (non-hydrogen) atoms. The number of benzene rings is 2. The van der Waals surface area contributed by atoms with Crippen LogP contribution in [0.5, 0.6) is 5.75 Å². The Bertz CT molecular complexity index is 874. The molecule has 0 aliphatic rings. The predicted octanol–water partition coefficient (Wildman–Crippen LogP) is 4.40. The summed E-state index contributed by atoms with van der Waals surface area (Å²) in [6, 6.07) is 10.5. The average molecular weight is 393 g/mol. The van der Waals surface area contributed by atoms with Gasteiger partial charge in [-0.2, -0.15) is 0 Å². The highest BCUT2D eigenvalue weighted by molar-refractivity contribution is 5.95. The van der Waals surface area contributed by atoms with E-state index in [9.17, 15) is 22.8 Å². The molecule has 0 bridgehead atoms. The van der Waals surface area contributed by atoms with Crippen LogP contribution in [0.4, 0.5) is 18.9 Å². The molecule has 0 atom stereocenters. The Hall–Kier alpha value is -3.29. The minimum atomic E-state index is -4.77. The lowest BCUT2D eigenvalue weighted by molar-refractivity contribution is -0.274. The Kier molecular flexibility index (Phi) is 6.81. The lowest BCUT2D eigenvalue weighted by Gasteiger charge is -2.09. The Balaban J connectivity index is 1.83. The third kappa shape index (κ3) is 7.14. The van der Waals surface area contributed by atoms with Gasteiger partial charge in [-0.25, -0.2) is 4.79 Å². The van der Waals surface area contributed by atoms with Crippen molar-refractivity contribution in [1.29, 1.82) is 0 Å². The minimum Gasteiger partial charge on any atom is -0.452 e. The number of hydrogen-bond donors (Lipinski definition) is 1. The second-order valence-electron chi connectivity index (χ2n) is 5.92. The van der Waals surface area contributed by atoms with Crippen LogP contribution in [0.3, 0.4) is 0 Å². The van der Waals surface area contributed by atoms with Gasteiger partial charge in [-0.1, -0.05) is 24.3 Å². The van der Waals surface area contributed by atoms with Crippen molar-refractivity contribution in [2.75, 3.05) is 11.9 Å². The maximum Gasteiger partial charge on any atom is 0.573 e. The Labute approximate surface area is 159 Å². The molecule has 0 heterocycles. The van der Waals surface area contributed by atoms with Gasteiger partial charge < -0.3 is 14.8 Å². The van der Waals surface area contributed by atoms with Crippen LogP contribution in [0, 0.1) is 13.8 Å². The van der Waals surface area contributed by atoms with Gasteiger partial charge in [0, 0.05) is 11.8 Å². The van der Waals surface area contributed by atoms with Crippen LogP contribution in [-0.2, 0) is 14.3 Å². The zero-order chi connectivity index (χ0) is 20.7. The molecule has 8 heteroatoms. The van der Waals surface area contributed by atoms with Crippen LogP contribution in [-0.4, -0.2) is 24.8 Å². The lowest BCUT2D eigenvalue weighted by Crippen LogP contribution is -2.20. The van der Waals surface area contributed by atoms with Crippen LogP contribution in [0.2, 0.25) is 0 Å². The molecule has 0 radical (unpaired) electrons. The van der Waals surface area contributed by atoms with Crippen molar-refractivity contribution >= 4 is 23.6 Å². The standard InChI is InChI=1S/C20H18F3NO4/c1-13-3-4-14(2)17(11-13)24-18(25)12-27-19(26)10-7-15-5-8-16(9-6-15)28-20(21,22)23/h3-11H,12H2,1-2H3,(H,24,25)/b10-7+. The predicted molar refractivity (Wildman–Crippen MR) is 97.7 cm³/mol. The SMILES string of the molecule is Cc1ccc(C)c(NC(=O)COC(=O)/C=C/c2ccc(OC(F)(F)F)cc2)c1. The summed E-state index contributed by atoms with van der Waals surface area (Å²) in [6.07, 6.45) is -2.34. The smallest absolute Gasteiger partial charge is 0.452 e. The van der Waals surface area contributed by atoms with Gasteiger partial charge in [0.2, 0.25) is 0 Å². The molecule has 0 fully saturated rings. The molecule has 0 spiro atoms. The maximum absolute atomic E-state index is 12.1. The quantitative estimate of drug-likeness (QED) is 0.584. The molecular weight excluding hydrogens is 375 g/mol. The monoisotopic (exact) mass is 393 g/mol. The molecule has 2 aromatic rings. The van der Waals surface area contributed by atoms with E-state index in [1.165, 1.54) is 18.2 Å². The van der Waals surface area contributed by atoms with Crippen molar-refractivity contribution in [2.45, 2.75) is 20.2 Å². The maximum atomic E-state index is 12.1. The minimum absolute atomic E-state index is 0.365. The summed E-state index contributed by atoms with van der Waals surface area (Å²) >= 11 is 0. The highest BCUT2D eigenvalue weighted by Crippen LogP contribution is 2.23. The van der Waals surface area contributed by atoms with E-state index in [0.29, 0.717) is 11.3 Å². The van der Waals surface area contributed by atoms with Crippen molar-refractivity contribution in [3.63, 3.8) is 0 Å². The van der Waals surface area contributed by atoms with E-state index >= 15 is 0 Å². The molecule has 2 aromatic carbocycles. The van der Waals surface area contributed by atoms with Gasteiger partial charge in [0.1, 0.15) is 5.75 Å². The Morgan fingerprint density at radius 1 is 1.07 bits per heavy atom. The number of halogens is 3. The van der Waals surface area contributed by atoms with Crippen molar-refractivity contribution < 1.29 is 32.2 Å². The topological polar surface area (TPSA) is 64.6 Å². The fraction of sp³-hybridized carbons (Fsp3) is 0.200. The van der Waals surface area contributed by atoms with Crippen LogP contribution in [0.15, 0.2) is 48.5 Å². The Morgan fingerprint density at radius 2 is 1.75 bits per heavy atom. The first kappa shape index (κ1) is 21.0. The zero-order valence-electron chi connectivity index (χ0n) is 15.2. The fourth-order valence-corrected chi connectivity index (χ4v) is 2.19. The summed E-state index contributed by atoms with van der Waals surface area (Å²) in [7, 11) is 0. The molecular formula is C20H18F3NO4. The first-order valence-electron chi connectivity index (χ1n) is 8.20. The number of hydrogen-bond acceptors (Lipinski definition) is 4. The molecule has 0 saturated carbocycles. The second kappa shape index (κ2) is 9.07. The summed E-state index contributed by atoms with van der Waals surface area (Å²) < 4.78 is 44.9. The van der Waals surface area contributed by atoms with Crippen molar-refractivity contribution in [1.82, 2.24) is 0 Å². The van der Waals surface area contributed by atoms with Crippen molar-refractivity contribution in [3.8, 4) is 5.75 Å². The van der Waals surface area contributed by atoms with E-state index in [0.717, 1.165) is 29.3 Å². The number of alkyl halides is 3. The van der Waals surface area contributed by atoms with E-state index in [1.54, 1.807) is 6.07 Å². The van der Waals surface area contributed by atoms with Crippen LogP contribution in [0.1, 0.15) is 16.7 Å². The van der Waals surface area contributed by atoms with E-state index in [-0.39, 0.29) is 5.75 Å². The Morgan fingerprint density at radius 3 is 2.39 bits per heavy atom. The fourth-order valence-electron chi connectivity index (χ4n) is 2.19. The molecule has 0 aliphatic heterocycles. The molecule has 2 rings (SSSR count). The summed E-state index contributed by atoms with van der Waals surface area (Å²) in [5.41, 5.74) is 2.96. The molecule has 1 amide bonds. The van der Waals surface area contributed by atoms with Gasteiger partial charge in [-0.15, -0.1) is 13.2 Å². The zero-order valence-corrected chi connectivity index (χ0v) is 15.2. The number of amides is 1. The number of esters is 1. The van der Waals surface area contributed by atoms with Gasteiger partial charge >= 0.3 is 12.3 Å². The number of carbonyl (C=O) groups excluding carboxylic acids is 2. The summed E-state index contributed by atoms with van der Waals surface area (Å²) in [5.74, 6) is -1.61.